The van der Waals surface area contributed by atoms with Crippen molar-refractivity contribution < 1.29 is 23.8 Å². The maximum Gasteiger partial charge on any atom is 0.317 e. The van der Waals surface area contributed by atoms with Gasteiger partial charge in [0.1, 0.15) is 12.7 Å². The molecule has 0 aromatic rings. The minimum atomic E-state index is -0.533. The molecule has 20 heavy (non-hydrogen) atoms. The van der Waals surface area contributed by atoms with Crippen LogP contribution in [-0.4, -0.2) is 75.1 Å². The minimum Gasteiger partial charge on any atom is -0.379 e. The molecule has 2 rings (SSSR count). The van der Waals surface area contributed by atoms with Gasteiger partial charge in [0, 0.05) is 19.7 Å². The molecule has 2 atom stereocenters. The summed E-state index contributed by atoms with van der Waals surface area (Å²) in [4.78, 5) is 24.6. The number of hydrogen-bond acceptors (Lipinski definition) is 5. The highest BCUT2D eigenvalue weighted by Crippen LogP contribution is 2.12. The number of nitrogens with one attached hydrogen (secondary N) is 1. The van der Waals surface area contributed by atoms with Gasteiger partial charge in [0.15, 0.2) is 0 Å². The number of morpholine rings is 1. The zero-order chi connectivity index (χ0) is 14.4. The summed E-state index contributed by atoms with van der Waals surface area (Å²) in [6.07, 6.45) is 0.306. The van der Waals surface area contributed by atoms with Crippen LogP contribution in [0.25, 0.3) is 0 Å². The molecule has 0 radical (unpaired) electrons. The van der Waals surface area contributed by atoms with Crippen molar-refractivity contribution in [3.8, 4) is 0 Å². The van der Waals surface area contributed by atoms with Crippen LogP contribution < -0.4 is 11.1 Å². The van der Waals surface area contributed by atoms with Crippen molar-refractivity contribution in [2.45, 2.75) is 18.6 Å². The molecule has 2 aliphatic heterocycles. The van der Waals surface area contributed by atoms with Crippen molar-refractivity contribution in [2.24, 2.45) is 5.73 Å². The Morgan fingerprint density at radius 2 is 2.00 bits per heavy atom. The second-order valence-corrected chi connectivity index (χ2v) is 4.83. The molecule has 3 N–H and O–H groups in total. The van der Waals surface area contributed by atoms with Crippen LogP contribution in [0.3, 0.4) is 0 Å². The highest BCUT2D eigenvalue weighted by Gasteiger charge is 2.30. The Bertz CT molecular complexity index is 346. The Kier molecular flexibility index (Phi) is 5.57. The van der Waals surface area contributed by atoms with Crippen molar-refractivity contribution >= 4 is 11.9 Å². The van der Waals surface area contributed by atoms with Crippen LogP contribution in [0.1, 0.15) is 6.42 Å². The second-order valence-electron chi connectivity index (χ2n) is 4.83. The van der Waals surface area contributed by atoms with Gasteiger partial charge in [-0.3, -0.25) is 4.79 Å². The Balaban J connectivity index is 1.83. The SMILES string of the molecule is NC(=O)CO[C@@H]1COCC[C@H]1NC(=O)N1CCOCC1. The molecule has 0 bridgehead atoms. The fraction of sp³-hybridized carbons (Fsp3) is 0.833. The highest BCUT2D eigenvalue weighted by atomic mass is 16.5. The first-order valence-electron chi connectivity index (χ1n) is 6.77. The van der Waals surface area contributed by atoms with Crippen LogP contribution in [0.2, 0.25) is 0 Å². The summed E-state index contributed by atoms with van der Waals surface area (Å²) in [5, 5.41) is 2.94. The number of carbonyl (C=O) groups excluding carboxylic acids is 2. The predicted octanol–water partition coefficient (Wildman–Crippen LogP) is -1.31. The van der Waals surface area contributed by atoms with Crippen molar-refractivity contribution in [3.05, 3.63) is 0 Å². The van der Waals surface area contributed by atoms with Crippen LogP contribution in [0.4, 0.5) is 4.79 Å². The van der Waals surface area contributed by atoms with Crippen LogP contribution in [-0.2, 0) is 19.0 Å². The number of urea groups is 1. The molecular weight excluding hydrogens is 266 g/mol. The number of carbonyl (C=O) groups is 2. The Labute approximate surface area is 117 Å². The first-order valence-corrected chi connectivity index (χ1v) is 6.77. The fourth-order valence-corrected chi connectivity index (χ4v) is 2.25. The third kappa shape index (κ3) is 4.32. The van der Waals surface area contributed by atoms with Gasteiger partial charge in [-0.1, -0.05) is 0 Å². The largest absolute Gasteiger partial charge is 0.379 e. The monoisotopic (exact) mass is 287 g/mol. The molecule has 2 aliphatic rings. The fourth-order valence-electron chi connectivity index (χ4n) is 2.25. The third-order valence-corrected chi connectivity index (χ3v) is 3.35. The number of primary amides is 1. The van der Waals surface area contributed by atoms with Crippen LogP contribution in [0, 0.1) is 0 Å². The van der Waals surface area contributed by atoms with Gasteiger partial charge in [0.25, 0.3) is 0 Å². The maximum absolute atomic E-state index is 12.1. The average molecular weight is 287 g/mol. The van der Waals surface area contributed by atoms with Gasteiger partial charge in [-0.2, -0.15) is 0 Å². The summed E-state index contributed by atoms with van der Waals surface area (Å²) >= 11 is 0. The molecule has 2 fully saturated rings. The summed E-state index contributed by atoms with van der Waals surface area (Å²) in [7, 11) is 0. The molecule has 8 heteroatoms. The van der Waals surface area contributed by atoms with Crippen molar-refractivity contribution in [1.82, 2.24) is 10.2 Å². The second kappa shape index (κ2) is 7.41. The lowest BCUT2D eigenvalue weighted by atomic mass is 10.1. The smallest absolute Gasteiger partial charge is 0.317 e. The summed E-state index contributed by atoms with van der Waals surface area (Å²) in [5.74, 6) is -0.533. The summed E-state index contributed by atoms with van der Waals surface area (Å²) in [5.41, 5.74) is 5.06. The van der Waals surface area contributed by atoms with Gasteiger partial charge in [0.05, 0.1) is 25.9 Å². The zero-order valence-corrected chi connectivity index (χ0v) is 11.4. The summed E-state index contributed by atoms with van der Waals surface area (Å²) in [6.45, 7) is 3.03. The van der Waals surface area contributed by atoms with Crippen molar-refractivity contribution in [1.29, 1.82) is 0 Å². The molecule has 0 aliphatic carbocycles. The molecule has 0 unspecified atom stereocenters. The van der Waals surface area contributed by atoms with E-state index in [1.54, 1.807) is 4.90 Å². The molecule has 0 aromatic carbocycles. The summed E-state index contributed by atoms with van der Waals surface area (Å²) in [6, 6.07) is -0.300. The van der Waals surface area contributed by atoms with Gasteiger partial charge >= 0.3 is 6.03 Å². The maximum atomic E-state index is 12.1. The molecule has 0 saturated carbocycles. The molecule has 3 amide bonds. The summed E-state index contributed by atoms with van der Waals surface area (Å²) < 4.78 is 15.9. The Morgan fingerprint density at radius 1 is 1.25 bits per heavy atom. The van der Waals surface area contributed by atoms with Gasteiger partial charge in [-0.15, -0.1) is 0 Å². The molecule has 114 valence electrons. The molecule has 2 saturated heterocycles. The minimum absolute atomic E-state index is 0.132. The van der Waals surface area contributed by atoms with Crippen LogP contribution in [0.15, 0.2) is 0 Å². The van der Waals surface area contributed by atoms with Gasteiger partial charge < -0.3 is 30.2 Å². The number of rotatable bonds is 4. The average Bonchev–Trinajstić information content (AvgIpc) is 2.47. The standard InChI is InChI=1S/C12H21N3O5/c13-11(16)8-20-10-7-19-4-1-9(10)14-12(17)15-2-5-18-6-3-15/h9-10H,1-8H2,(H2,13,16)(H,14,17)/t9-,10-/m1/s1. The van der Waals surface area contributed by atoms with E-state index in [4.69, 9.17) is 19.9 Å². The molecule has 8 nitrogen and oxygen atoms in total. The zero-order valence-electron chi connectivity index (χ0n) is 11.4. The van der Waals surface area contributed by atoms with Crippen LogP contribution in [0.5, 0.6) is 0 Å². The van der Waals surface area contributed by atoms with E-state index in [2.05, 4.69) is 5.32 Å². The van der Waals surface area contributed by atoms with E-state index < -0.39 is 5.91 Å². The van der Waals surface area contributed by atoms with E-state index in [-0.39, 0.29) is 24.8 Å². The molecule has 0 aromatic heterocycles. The van der Waals surface area contributed by atoms with E-state index in [9.17, 15) is 9.59 Å². The van der Waals surface area contributed by atoms with Gasteiger partial charge in [0.2, 0.25) is 5.91 Å². The molecular formula is C12H21N3O5. The van der Waals surface area contributed by atoms with Gasteiger partial charge in [-0.05, 0) is 6.42 Å². The number of hydrogen-bond donors (Lipinski definition) is 2. The number of nitrogens with two attached hydrogens (primary N) is 1. The Hall–Kier alpha value is -1.38. The first-order chi connectivity index (χ1) is 9.66. The predicted molar refractivity (Wildman–Crippen MR) is 69.1 cm³/mol. The van der Waals surface area contributed by atoms with E-state index >= 15 is 0 Å². The Morgan fingerprint density at radius 3 is 2.70 bits per heavy atom. The van der Waals surface area contributed by atoms with Gasteiger partial charge in [-0.25, -0.2) is 4.79 Å². The van der Waals surface area contributed by atoms with E-state index in [0.717, 1.165) is 0 Å². The number of ether oxygens (including phenoxy) is 3. The highest BCUT2D eigenvalue weighted by molar-refractivity contribution is 5.75. The quantitative estimate of drug-likeness (QED) is 0.668. The molecule has 0 spiro atoms. The van der Waals surface area contributed by atoms with E-state index in [0.29, 0.717) is 45.9 Å². The van der Waals surface area contributed by atoms with E-state index in [1.807, 2.05) is 0 Å². The van der Waals surface area contributed by atoms with Crippen LogP contribution >= 0.6 is 0 Å². The lowest BCUT2D eigenvalue weighted by Crippen LogP contribution is -2.55. The van der Waals surface area contributed by atoms with Crippen molar-refractivity contribution in [2.75, 3.05) is 46.1 Å². The number of nitrogens with zero attached hydrogens (tertiary/aromatic N) is 1. The molecule has 2 heterocycles. The number of amides is 3. The first kappa shape index (κ1) is 15.0. The van der Waals surface area contributed by atoms with E-state index in [1.165, 1.54) is 0 Å². The third-order valence-electron chi connectivity index (χ3n) is 3.35. The lowest BCUT2D eigenvalue weighted by molar-refractivity contribution is -0.129. The van der Waals surface area contributed by atoms with Crippen molar-refractivity contribution in [3.63, 3.8) is 0 Å². The normalized spacial score (nSPS) is 27.1. The lowest BCUT2D eigenvalue weighted by Gasteiger charge is -2.34. The topological polar surface area (TPSA) is 103 Å².